The molecule has 0 bridgehead atoms. The van der Waals surface area contributed by atoms with E-state index < -0.39 is 38.0 Å². The quantitative estimate of drug-likeness (QED) is 0.652. The fourth-order valence-corrected chi connectivity index (χ4v) is 5.90. The molecule has 3 rings (SSSR count). The van der Waals surface area contributed by atoms with Gasteiger partial charge in [0.05, 0.1) is 19.4 Å². The maximum Gasteiger partial charge on any atom is 0.247 e. The summed E-state index contributed by atoms with van der Waals surface area (Å²) < 4.78 is 72.9. The lowest BCUT2D eigenvalue weighted by Gasteiger charge is -2.37. The summed E-state index contributed by atoms with van der Waals surface area (Å²) in [4.78, 5) is -0.0763. The van der Waals surface area contributed by atoms with Gasteiger partial charge in [-0.3, -0.25) is 0 Å². The molecule has 0 aliphatic carbocycles. The molecule has 0 amide bonds. The average molecular weight is 501 g/mol. The van der Waals surface area contributed by atoms with Gasteiger partial charge in [0, 0.05) is 25.6 Å². The molecule has 8 nitrogen and oxygen atoms in total. The van der Waals surface area contributed by atoms with E-state index in [0.717, 1.165) is 10.6 Å². The van der Waals surface area contributed by atoms with Crippen molar-refractivity contribution in [2.45, 2.75) is 30.9 Å². The minimum absolute atomic E-state index is 0.0155. The topological polar surface area (TPSA) is 104 Å². The smallest absolute Gasteiger partial charge is 0.247 e. The van der Waals surface area contributed by atoms with Gasteiger partial charge in [-0.1, -0.05) is 25.1 Å². The van der Waals surface area contributed by atoms with E-state index in [4.69, 9.17) is 4.74 Å². The fraction of sp³-hybridized carbons (Fsp3) is 0.455. The Morgan fingerprint density at radius 1 is 1.21 bits per heavy atom. The lowest BCUT2D eigenvalue weighted by molar-refractivity contribution is 0.0906. The molecule has 0 fully saturated rings. The molecular weight excluding hydrogens is 471 g/mol. The van der Waals surface area contributed by atoms with Crippen LogP contribution in [-0.2, 0) is 20.0 Å². The zero-order valence-electron chi connectivity index (χ0n) is 19.0. The van der Waals surface area contributed by atoms with Crippen LogP contribution in [0.25, 0.3) is 11.1 Å². The minimum Gasteiger partial charge on any atom is -0.487 e. The van der Waals surface area contributed by atoms with E-state index in [-0.39, 0.29) is 36.3 Å². The van der Waals surface area contributed by atoms with Gasteiger partial charge in [-0.15, -0.1) is 0 Å². The summed E-state index contributed by atoms with van der Waals surface area (Å²) in [5.41, 5.74) is 1.29. The van der Waals surface area contributed by atoms with Crippen molar-refractivity contribution in [3.8, 4) is 16.9 Å². The monoisotopic (exact) mass is 500 g/mol. The Balaban J connectivity index is 2.14. The molecule has 0 aromatic heterocycles. The Morgan fingerprint density at radius 3 is 2.39 bits per heavy atom. The number of ether oxygens (including phenoxy) is 1. The van der Waals surface area contributed by atoms with Crippen molar-refractivity contribution in [3.63, 3.8) is 0 Å². The van der Waals surface area contributed by atoms with Crippen LogP contribution < -0.4 is 4.74 Å². The summed E-state index contributed by atoms with van der Waals surface area (Å²) in [6, 6.07) is 9.67. The molecule has 1 heterocycles. The SMILES string of the molecule is C[C@H](CO)N1C[C@H](C)[C@H](CN(C)S(C)(=O)=O)Oc2cc(-c3ccc(F)cc3)ccc2S1(=O)=O. The van der Waals surface area contributed by atoms with E-state index in [1.807, 2.05) is 0 Å². The van der Waals surface area contributed by atoms with Gasteiger partial charge in [0.15, 0.2) is 0 Å². The normalized spacial score (nSPS) is 22.2. The Hall–Kier alpha value is -2.05. The van der Waals surface area contributed by atoms with Gasteiger partial charge in [0.25, 0.3) is 0 Å². The molecule has 0 unspecified atom stereocenters. The fourth-order valence-electron chi connectivity index (χ4n) is 3.65. The summed E-state index contributed by atoms with van der Waals surface area (Å²) in [6.45, 7) is 3.08. The molecule has 182 valence electrons. The maximum atomic E-state index is 13.5. The highest BCUT2D eigenvalue weighted by molar-refractivity contribution is 7.89. The second-order valence-electron chi connectivity index (χ2n) is 8.45. The van der Waals surface area contributed by atoms with E-state index in [1.54, 1.807) is 38.1 Å². The van der Waals surface area contributed by atoms with Crippen LogP contribution in [0.5, 0.6) is 5.75 Å². The van der Waals surface area contributed by atoms with Crippen molar-refractivity contribution in [1.29, 1.82) is 0 Å². The number of aliphatic hydroxyl groups is 1. The molecule has 0 saturated carbocycles. The van der Waals surface area contributed by atoms with Crippen LogP contribution in [0.15, 0.2) is 47.4 Å². The van der Waals surface area contributed by atoms with Gasteiger partial charge < -0.3 is 9.84 Å². The molecule has 11 heteroatoms. The molecule has 1 N–H and O–H groups in total. The second-order valence-corrected chi connectivity index (χ2v) is 12.4. The van der Waals surface area contributed by atoms with E-state index in [2.05, 4.69) is 0 Å². The van der Waals surface area contributed by atoms with Gasteiger partial charge in [0.1, 0.15) is 22.6 Å². The van der Waals surface area contributed by atoms with Crippen molar-refractivity contribution in [1.82, 2.24) is 8.61 Å². The summed E-state index contributed by atoms with van der Waals surface area (Å²) in [5.74, 6) is -0.707. The van der Waals surface area contributed by atoms with Crippen molar-refractivity contribution in [2.75, 3.05) is 33.0 Å². The lowest BCUT2D eigenvalue weighted by Crippen LogP contribution is -2.50. The van der Waals surface area contributed by atoms with Crippen molar-refractivity contribution in [3.05, 3.63) is 48.3 Å². The number of hydrogen-bond acceptors (Lipinski definition) is 6. The first-order valence-electron chi connectivity index (χ1n) is 10.4. The number of likely N-dealkylation sites (N-methyl/N-ethyl adjacent to an activating group) is 1. The number of benzene rings is 2. The first-order chi connectivity index (χ1) is 15.3. The van der Waals surface area contributed by atoms with Gasteiger partial charge >= 0.3 is 0 Å². The van der Waals surface area contributed by atoms with Crippen molar-refractivity contribution in [2.24, 2.45) is 5.92 Å². The first-order valence-corrected chi connectivity index (χ1v) is 13.7. The van der Waals surface area contributed by atoms with Crippen LogP contribution in [0.4, 0.5) is 4.39 Å². The van der Waals surface area contributed by atoms with Crippen LogP contribution >= 0.6 is 0 Å². The third-order valence-electron chi connectivity index (χ3n) is 5.85. The molecule has 33 heavy (non-hydrogen) atoms. The Bertz CT molecular complexity index is 1200. The largest absolute Gasteiger partial charge is 0.487 e. The molecule has 1 aliphatic rings. The third-order valence-corrected chi connectivity index (χ3v) is 9.15. The number of fused-ring (bicyclic) bond motifs is 1. The van der Waals surface area contributed by atoms with E-state index in [0.29, 0.717) is 11.1 Å². The highest BCUT2D eigenvalue weighted by Gasteiger charge is 2.38. The predicted molar refractivity (Wildman–Crippen MR) is 123 cm³/mol. The van der Waals surface area contributed by atoms with Crippen LogP contribution in [0.3, 0.4) is 0 Å². The third kappa shape index (κ3) is 5.55. The number of rotatable bonds is 6. The highest BCUT2D eigenvalue weighted by Crippen LogP contribution is 2.36. The molecule has 0 radical (unpaired) electrons. The number of halogens is 1. The number of sulfonamides is 2. The Morgan fingerprint density at radius 2 is 1.82 bits per heavy atom. The van der Waals surface area contributed by atoms with E-state index in [9.17, 15) is 26.3 Å². The van der Waals surface area contributed by atoms with E-state index in [1.165, 1.54) is 29.6 Å². The minimum atomic E-state index is -4.02. The van der Waals surface area contributed by atoms with Crippen LogP contribution in [0.1, 0.15) is 13.8 Å². The summed E-state index contributed by atoms with van der Waals surface area (Å²) >= 11 is 0. The number of hydrogen-bond donors (Lipinski definition) is 1. The zero-order valence-corrected chi connectivity index (χ0v) is 20.6. The molecule has 1 aliphatic heterocycles. The standard InChI is InChI=1S/C22H29FN2O6S2/c1-15-12-25(16(2)14-26)33(29,30)22-10-7-18(17-5-8-19(23)9-6-17)11-20(22)31-21(15)13-24(3)32(4,27)28/h5-11,15-16,21,26H,12-14H2,1-4H3/t15-,16+,21-/m0/s1. The first kappa shape index (κ1) is 25.6. The predicted octanol–water partition coefficient (Wildman–Crippen LogP) is 2.15. The number of nitrogens with zero attached hydrogens (tertiary/aromatic N) is 2. The lowest BCUT2D eigenvalue weighted by atomic mass is 10.0. The molecule has 0 spiro atoms. The Labute approximate surface area is 194 Å². The van der Waals surface area contributed by atoms with Crippen LogP contribution in [0.2, 0.25) is 0 Å². The zero-order chi connectivity index (χ0) is 24.6. The molecule has 2 aromatic carbocycles. The van der Waals surface area contributed by atoms with E-state index >= 15 is 0 Å². The molecular formula is C22H29FN2O6S2. The van der Waals surface area contributed by atoms with Crippen LogP contribution in [0, 0.1) is 11.7 Å². The maximum absolute atomic E-state index is 13.5. The highest BCUT2D eigenvalue weighted by atomic mass is 32.2. The Kier molecular flexibility index (Phi) is 7.49. The van der Waals surface area contributed by atoms with Crippen molar-refractivity contribution < 1.29 is 31.1 Å². The van der Waals surface area contributed by atoms with Gasteiger partial charge in [-0.05, 0) is 42.3 Å². The van der Waals surface area contributed by atoms with Gasteiger partial charge in [0.2, 0.25) is 20.0 Å². The van der Waals surface area contributed by atoms with Crippen molar-refractivity contribution >= 4 is 20.0 Å². The molecule has 3 atom stereocenters. The second kappa shape index (κ2) is 9.67. The van der Waals surface area contributed by atoms with Crippen LogP contribution in [-0.4, -0.2) is 75.7 Å². The number of aliphatic hydroxyl groups excluding tert-OH is 1. The summed E-state index contributed by atoms with van der Waals surface area (Å²) in [5, 5.41) is 9.69. The van der Waals surface area contributed by atoms with Gasteiger partial charge in [-0.25, -0.2) is 25.5 Å². The molecule has 2 aromatic rings. The summed E-state index contributed by atoms with van der Waals surface area (Å²) in [6.07, 6.45) is 0.432. The summed E-state index contributed by atoms with van der Waals surface area (Å²) in [7, 11) is -6.07. The van der Waals surface area contributed by atoms with Gasteiger partial charge in [-0.2, -0.15) is 4.31 Å². The average Bonchev–Trinajstić information content (AvgIpc) is 2.75. The molecule has 0 saturated heterocycles.